The molecule has 1 unspecified atom stereocenters. The molecule has 2 heterocycles. The molecular weight excluding hydrogens is 524 g/mol. The van der Waals surface area contributed by atoms with Gasteiger partial charge in [0, 0.05) is 36.2 Å². The molecule has 2 aliphatic rings. The van der Waals surface area contributed by atoms with Gasteiger partial charge >= 0.3 is 0 Å². The summed E-state index contributed by atoms with van der Waals surface area (Å²) < 4.78 is 12.1. The molecule has 0 aliphatic carbocycles. The molecule has 2 aliphatic heterocycles. The quantitative estimate of drug-likeness (QED) is 0.274. The lowest BCUT2D eigenvalue weighted by Gasteiger charge is -2.29. The van der Waals surface area contributed by atoms with E-state index in [-0.39, 0.29) is 11.3 Å². The molecule has 0 spiro atoms. The summed E-state index contributed by atoms with van der Waals surface area (Å²) in [5.74, 6) is -0.662. The van der Waals surface area contributed by atoms with Crippen LogP contribution in [-0.4, -0.2) is 72.6 Å². The third-order valence-electron chi connectivity index (χ3n) is 6.61. The first-order valence-electron chi connectivity index (χ1n) is 12.5. The van der Waals surface area contributed by atoms with Crippen LogP contribution in [0, 0.1) is 6.92 Å². The Balaban J connectivity index is 1.66. The standard InChI is InChI=1S/C28H33BrN2O5/c1-3-15-36-23-10-7-21(18-19(23)2)26(32)24-25(20-5-8-22(29)9-6-20)31(28(34)27(24)33)12-4-11-30-13-16-35-17-14-30/h5-10,18,25,32H,3-4,11-17H2,1-2H3. The Labute approximate surface area is 220 Å². The molecule has 0 aromatic heterocycles. The number of carbonyl (C=O) groups excluding carboxylic acids is 2. The zero-order valence-corrected chi connectivity index (χ0v) is 22.4. The molecule has 2 aromatic rings. The maximum Gasteiger partial charge on any atom is 0.295 e. The Hall–Kier alpha value is -2.68. The number of ether oxygens (including phenoxy) is 2. The highest BCUT2D eigenvalue weighted by molar-refractivity contribution is 9.10. The number of nitrogens with zero attached hydrogens (tertiary/aromatic N) is 2. The maximum atomic E-state index is 13.3. The number of likely N-dealkylation sites (tertiary alicyclic amines) is 1. The lowest BCUT2D eigenvalue weighted by molar-refractivity contribution is -0.140. The Morgan fingerprint density at radius 3 is 2.50 bits per heavy atom. The number of aryl methyl sites for hydroxylation is 1. The van der Waals surface area contributed by atoms with E-state index in [0.29, 0.717) is 31.9 Å². The van der Waals surface area contributed by atoms with E-state index in [1.165, 1.54) is 0 Å². The predicted molar refractivity (Wildman–Crippen MR) is 142 cm³/mol. The lowest BCUT2D eigenvalue weighted by atomic mass is 9.94. The molecule has 2 saturated heterocycles. The molecule has 7 nitrogen and oxygen atoms in total. The molecule has 0 saturated carbocycles. The van der Waals surface area contributed by atoms with E-state index < -0.39 is 17.7 Å². The Kier molecular flexibility index (Phi) is 8.82. The van der Waals surface area contributed by atoms with Gasteiger partial charge in [-0.2, -0.15) is 0 Å². The zero-order chi connectivity index (χ0) is 25.7. The number of benzene rings is 2. The van der Waals surface area contributed by atoms with Crippen molar-refractivity contribution in [2.75, 3.05) is 46.0 Å². The number of amides is 1. The van der Waals surface area contributed by atoms with Crippen molar-refractivity contribution in [3.8, 4) is 5.75 Å². The van der Waals surface area contributed by atoms with Crippen molar-refractivity contribution in [2.24, 2.45) is 0 Å². The molecule has 0 radical (unpaired) electrons. The number of ketones is 1. The fourth-order valence-electron chi connectivity index (χ4n) is 4.72. The second-order valence-corrected chi connectivity index (χ2v) is 10.1. The van der Waals surface area contributed by atoms with Crippen LogP contribution in [0.15, 0.2) is 52.5 Å². The van der Waals surface area contributed by atoms with E-state index in [1.807, 2.05) is 38.1 Å². The van der Waals surface area contributed by atoms with Crippen LogP contribution >= 0.6 is 15.9 Å². The van der Waals surface area contributed by atoms with Crippen molar-refractivity contribution in [1.29, 1.82) is 0 Å². The minimum atomic E-state index is -0.657. The average molecular weight is 557 g/mol. The topological polar surface area (TPSA) is 79.3 Å². The third-order valence-corrected chi connectivity index (χ3v) is 7.14. The molecule has 4 rings (SSSR count). The van der Waals surface area contributed by atoms with Gasteiger partial charge in [-0.3, -0.25) is 14.5 Å². The summed E-state index contributed by atoms with van der Waals surface area (Å²) >= 11 is 3.46. The first kappa shape index (κ1) is 26.4. The molecule has 2 aromatic carbocycles. The van der Waals surface area contributed by atoms with Crippen LogP contribution < -0.4 is 4.74 Å². The van der Waals surface area contributed by atoms with Crippen molar-refractivity contribution in [1.82, 2.24) is 9.80 Å². The summed E-state index contributed by atoms with van der Waals surface area (Å²) in [7, 11) is 0. The van der Waals surface area contributed by atoms with Crippen LogP contribution in [0.4, 0.5) is 0 Å². The highest BCUT2D eigenvalue weighted by Crippen LogP contribution is 2.40. The summed E-state index contributed by atoms with van der Waals surface area (Å²) in [5.41, 5.74) is 2.25. The number of morpholine rings is 1. The number of halogens is 1. The van der Waals surface area contributed by atoms with E-state index in [4.69, 9.17) is 9.47 Å². The summed E-state index contributed by atoms with van der Waals surface area (Å²) in [5, 5.41) is 11.3. The maximum absolute atomic E-state index is 13.3. The number of aliphatic hydroxyl groups excluding tert-OH is 1. The highest BCUT2D eigenvalue weighted by atomic mass is 79.9. The Morgan fingerprint density at radius 1 is 1.11 bits per heavy atom. The van der Waals surface area contributed by atoms with Crippen molar-refractivity contribution < 1.29 is 24.2 Å². The van der Waals surface area contributed by atoms with Gasteiger partial charge in [-0.25, -0.2) is 0 Å². The second kappa shape index (κ2) is 12.0. The lowest BCUT2D eigenvalue weighted by Crippen LogP contribution is -2.38. The van der Waals surface area contributed by atoms with Gasteiger partial charge in [0.1, 0.15) is 11.5 Å². The number of hydrogen-bond donors (Lipinski definition) is 1. The van der Waals surface area contributed by atoms with Gasteiger partial charge in [0.25, 0.3) is 11.7 Å². The summed E-state index contributed by atoms with van der Waals surface area (Å²) in [6.07, 6.45) is 1.62. The molecule has 192 valence electrons. The second-order valence-electron chi connectivity index (χ2n) is 9.18. The SMILES string of the molecule is CCCOc1ccc(C(O)=C2C(=O)C(=O)N(CCCN3CCOCC3)C2c2ccc(Br)cc2)cc1C. The fourth-order valence-corrected chi connectivity index (χ4v) is 4.98. The summed E-state index contributed by atoms with van der Waals surface area (Å²) in [6.45, 7) is 8.94. The monoisotopic (exact) mass is 556 g/mol. The van der Waals surface area contributed by atoms with Crippen molar-refractivity contribution in [2.45, 2.75) is 32.7 Å². The van der Waals surface area contributed by atoms with Crippen LogP contribution in [0.25, 0.3) is 5.76 Å². The van der Waals surface area contributed by atoms with Gasteiger partial charge < -0.3 is 19.5 Å². The van der Waals surface area contributed by atoms with Gasteiger partial charge in [0.15, 0.2) is 0 Å². The number of hydrogen-bond acceptors (Lipinski definition) is 6. The zero-order valence-electron chi connectivity index (χ0n) is 20.8. The van der Waals surface area contributed by atoms with E-state index >= 15 is 0 Å². The highest BCUT2D eigenvalue weighted by Gasteiger charge is 2.45. The van der Waals surface area contributed by atoms with Gasteiger partial charge in [0.2, 0.25) is 0 Å². The van der Waals surface area contributed by atoms with Crippen LogP contribution in [0.5, 0.6) is 5.75 Å². The molecular formula is C28H33BrN2O5. The predicted octanol–water partition coefficient (Wildman–Crippen LogP) is 4.69. The number of carbonyl (C=O) groups is 2. The summed E-state index contributed by atoms with van der Waals surface area (Å²) in [6, 6.07) is 12.2. The van der Waals surface area contributed by atoms with E-state index in [0.717, 1.165) is 53.8 Å². The first-order valence-corrected chi connectivity index (χ1v) is 13.3. The van der Waals surface area contributed by atoms with Crippen molar-refractivity contribution in [3.05, 3.63) is 69.2 Å². The van der Waals surface area contributed by atoms with E-state index in [2.05, 4.69) is 20.8 Å². The summed E-state index contributed by atoms with van der Waals surface area (Å²) in [4.78, 5) is 30.4. The first-order chi connectivity index (χ1) is 17.4. The molecule has 1 amide bonds. The van der Waals surface area contributed by atoms with Gasteiger partial charge in [-0.1, -0.05) is 35.0 Å². The number of Topliss-reactive ketones (excluding diaryl/α,β-unsaturated/α-hetero) is 1. The molecule has 36 heavy (non-hydrogen) atoms. The van der Waals surface area contributed by atoms with Crippen LogP contribution in [0.3, 0.4) is 0 Å². The normalized spacial score (nSPS) is 20.2. The minimum absolute atomic E-state index is 0.121. The van der Waals surface area contributed by atoms with Crippen LogP contribution in [0.2, 0.25) is 0 Å². The largest absolute Gasteiger partial charge is 0.507 e. The molecule has 0 bridgehead atoms. The van der Waals surface area contributed by atoms with Gasteiger partial charge in [-0.05, 0) is 61.2 Å². The fraction of sp³-hybridized carbons (Fsp3) is 0.429. The van der Waals surface area contributed by atoms with Gasteiger partial charge in [0.05, 0.1) is 31.4 Å². The molecule has 1 N–H and O–H groups in total. The van der Waals surface area contributed by atoms with Crippen LogP contribution in [-0.2, 0) is 14.3 Å². The van der Waals surface area contributed by atoms with Crippen LogP contribution in [0.1, 0.15) is 42.5 Å². The third kappa shape index (κ3) is 5.82. The van der Waals surface area contributed by atoms with E-state index in [1.54, 1.807) is 23.1 Å². The average Bonchev–Trinajstić information content (AvgIpc) is 3.13. The molecule has 8 heteroatoms. The van der Waals surface area contributed by atoms with E-state index in [9.17, 15) is 14.7 Å². The number of rotatable bonds is 9. The Morgan fingerprint density at radius 2 is 1.83 bits per heavy atom. The minimum Gasteiger partial charge on any atom is -0.507 e. The number of aliphatic hydroxyl groups is 1. The van der Waals surface area contributed by atoms with Gasteiger partial charge in [-0.15, -0.1) is 0 Å². The van der Waals surface area contributed by atoms with Crippen molar-refractivity contribution in [3.63, 3.8) is 0 Å². The van der Waals surface area contributed by atoms with Crippen molar-refractivity contribution >= 4 is 33.4 Å². The smallest absolute Gasteiger partial charge is 0.295 e. The molecule has 1 atom stereocenters. The molecule has 2 fully saturated rings. The Bertz CT molecular complexity index is 1130.